The Labute approximate surface area is 106 Å². The Morgan fingerprint density at radius 2 is 1.94 bits per heavy atom. The SMILES string of the molecule is CCn1c2ccccc2c2ccc3c(c21)CC=C3. The molecule has 0 saturated heterocycles. The maximum absolute atomic E-state index is 2.45. The van der Waals surface area contributed by atoms with Gasteiger partial charge in [0.2, 0.25) is 0 Å². The summed E-state index contributed by atoms with van der Waals surface area (Å²) in [6, 6.07) is 13.3. The van der Waals surface area contributed by atoms with Crippen LogP contribution in [0.3, 0.4) is 0 Å². The highest BCUT2D eigenvalue weighted by Gasteiger charge is 2.16. The molecule has 2 aromatic carbocycles. The van der Waals surface area contributed by atoms with Crippen LogP contribution in [-0.2, 0) is 13.0 Å². The molecule has 0 bridgehead atoms. The first-order valence-corrected chi connectivity index (χ1v) is 6.59. The highest BCUT2D eigenvalue weighted by atomic mass is 15.0. The van der Waals surface area contributed by atoms with Gasteiger partial charge in [0.25, 0.3) is 0 Å². The van der Waals surface area contributed by atoms with Crippen molar-refractivity contribution in [1.82, 2.24) is 4.57 Å². The van der Waals surface area contributed by atoms with Gasteiger partial charge in [0.05, 0.1) is 5.52 Å². The van der Waals surface area contributed by atoms with Crippen molar-refractivity contribution in [3.05, 3.63) is 53.6 Å². The second kappa shape index (κ2) is 3.49. The number of allylic oxidation sites excluding steroid dienone is 1. The summed E-state index contributed by atoms with van der Waals surface area (Å²) in [5.41, 5.74) is 5.67. The van der Waals surface area contributed by atoms with E-state index in [1.165, 1.54) is 32.9 Å². The van der Waals surface area contributed by atoms with Gasteiger partial charge in [-0.1, -0.05) is 42.5 Å². The van der Waals surface area contributed by atoms with Gasteiger partial charge in [-0.3, -0.25) is 0 Å². The Morgan fingerprint density at radius 1 is 1.06 bits per heavy atom. The number of benzene rings is 2. The Morgan fingerprint density at radius 3 is 2.83 bits per heavy atom. The first kappa shape index (κ1) is 9.95. The molecule has 0 N–H and O–H groups in total. The van der Waals surface area contributed by atoms with Crippen LogP contribution in [0.25, 0.3) is 27.9 Å². The molecule has 0 atom stereocenters. The maximum Gasteiger partial charge on any atom is 0.0533 e. The monoisotopic (exact) mass is 233 g/mol. The van der Waals surface area contributed by atoms with Gasteiger partial charge in [-0.25, -0.2) is 0 Å². The minimum atomic E-state index is 1.03. The smallest absolute Gasteiger partial charge is 0.0533 e. The van der Waals surface area contributed by atoms with Crippen molar-refractivity contribution >= 4 is 27.9 Å². The van der Waals surface area contributed by atoms with Crippen LogP contribution in [0.1, 0.15) is 18.1 Å². The van der Waals surface area contributed by atoms with Crippen LogP contribution in [0, 0.1) is 0 Å². The molecule has 1 nitrogen and oxygen atoms in total. The zero-order valence-corrected chi connectivity index (χ0v) is 10.5. The molecule has 0 fully saturated rings. The minimum Gasteiger partial charge on any atom is -0.341 e. The quantitative estimate of drug-likeness (QED) is 0.587. The summed E-state index contributed by atoms with van der Waals surface area (Å²) in [5, 5.41) is 2.78. The fraction of sp³-hybridized carbons (Fsp3) is 0.176. The van der Waals surface area contributed by atoms with Crippen molar-refractivity contribution in [3.63, 3.8) is 0 Å². The molecule has 4 rings (SSSR count). The van der Waals surface area contributed by atoms with E-state index in [0.29, 0.717) is 0 Å². The number of hydrogen-bond acceptors (Lipinski definition) is 0. The molecule has 1 aromatic heterocycles. The molecule has 0 unspecified atom stereocenters. The highest BCUT2D eigenvalue weighted by Crippen LogP contribution is 2.35. The molecule has 3 aromatic rings. The third-order valence-electron chi connectivity index (χ3n) is 4.01. The molecule has 1 heteroatoms. The Bertz CT molecular complexity index is 790. The van der Waals surface area contributed by atoms with Crippen LogP contribution in [0.4, 0.5) is 0 Å². The maximum atomic E-state index is 2.45. The standard InChI is InChI=1S/C17H15N/c1-2-18-16-9-4-3-7-14(16)15-11-10-12-6-5-8-13(12)17(15)18/h3-7,9-11H,2,8H2,1H3. The van der Waals surface area contributed by atoms with E-state index in [1.807, 2.05) is 0 Å². The highest BCUT2D eigenvalue weighted by molar-refractivity contribution is 6.10. The third-order valence-corrected chi connectivity index (χ3v) is 4.01. The molecule has 18 heavy (non-hydrogen) atoms. The summed E-state index contributed by atoms with van der Waals surface area (Å²) in [4.78, 5) is 0. The number of fused-ring (bicyclic) bond motifs is 5. The zero-order chi connectivity index (χ0) is 12.1. The lowest BCUT2D eigenvalue weighted by Gasteiger charge is -2.07. The molecular weight excluding hydrogens is 218 g/mol. The average molecular weight is 233 g/mol. The topological polar surface area (TPSA) is 4.93 Å². The van der Waals surface area contributed by atoms with Crippen molar-refractivity contribution in [3.8, 4) is 0 Å². The number of aryl methyl sites for hydroxylation is 1. The van der Waals surface area contributed by atoms with E-state index >= 15 is 0 Å². The summed E-state index contributed by atoms with van der Waals surface area (Å²) < 4.78 is 2.45. The van der Waals surface area contributed by atoms with E-state index in [9.17, 15) is 0 Å². The fourth-order valence-corrected chi connectivity index (χ4v) is 3.24. The molecule has 1 heterocycles. The second-order valence-corrected chi connectivity index (χ2v) is 4.90. The summed E-state index contributed by atoms with van der Waals surface area (Å²) in [6.45, 7) is 3.26. The van der Waals surface area contributed by atoms with Crippen molar-refractivity contribution in [2.24, 2.45) is 0 Å². The molecule has 0 radical (unpaired) electrons. The van der Waals surface area contributed by atoms with Gasteiger partial charge >= 0.3 is 0 Å². The van der Waals surface area contributed by atoms with Gasteiger partial charge in [0.1, 0.15) is 0 Å². The van der Waals surface area contributed by atoms with E-state index in [1.54, 1.807) is 0 Å². The summed E-state index contributed by atoms with van der Waals surface area (Å²) in [5.74, 6) is 0. The third kappa shape index (κ3) is 1.11. The molecule has 0 spiro atoms. The van der Waals surface area contributed by atoms with Crippen molar-refractivity contribution in [2.75, 3.05) is 0 Å². The number of rotatable bonds is 1. The van der Waals surface area contributed by atoms with Crippen LogP contribution in [-0.4, -0.2) is 4.57 Å². The van der Waals surface area contributed by atoms with Crippen LogP contribution in [0.5, 0.6) is 0 Å². The Kier molecular flexibility index (Phi) is 1.93. The molecule has 1 aliphatic rings. The lowest BCUT2D eigenvalue weighted by Crippen LogP contribution is -1.96. The summed E-state index contributed by atoms with van der Waals surface area (Å²) >= 11 is 0. The average Bonchev–Trinajstić information content (AvgIpc) is 3.00. The molecule has 1 aliphatic carbocycles. The van der Waals surface area contributed by atoms with Crippen molar-refractivity contribution in [1.29, 1.82) is 0 Å². The van der Waals surface area contributed by atoms with Gasteiger partial charge in [-0.05, 0) is 30.5 Å². The van der Waals surface area contributed by atoms with E-state index in [4.69, 9.17) is 0 Å². The van der Waals surface area contributed by atoms with Crippen LogP contribution in [0.2, 0.25) is 0 Å². The van der Waals surface area contributed by atoms with E-state index < -0.39 is 0 Å². The van der Waals surface area contributed by atoms with E-state index in [2.05, 4.69) is 60.0 Å². The normalized spacial score (nSPS) is 13.6. The molecule has 0 aliphatic heterocycles. The van der Waals surface area contributed by atoms with Gasteiger partial charge in [0, 0.05) is 22.8 Å². The molecular formula is C17H15N. The largest absolute Gasteiger partial charge is 0.341 e. The predicted octanol–water partition coefficient (Wildman–Crippen LogP) is 4.38. The lowest BCUT2D eigenvalue weighted by molar-refractivity contribution is 0.823. The first-order chi connectivity index (χ1) is 8.90. The molecule has 0 amide bonds. The van der Waals surface area contributed by atoms with Crippen LogP contribution >= 0.6 is 0 Å². The summed E-state index contributed by atoms with van der Waals surface area (Å²) in [7, 11) is 0. The Balaban J connectivity index is 2.28. The van der Waals surface area contributed by atoms with Gasteiger partial charge in [-0.15, -0.1) is 0 Å². The number of nitrogens with zero attached hydrogens (tertiary/aromatic N) is 1. The molecule has 88 valence electrons. The molecule has 0 saturated carbocycles. The predicted molar refractivity (Wildman–Crippen MR) is 77.9 cm³/mol. The van der Waals surface area contributed by atoms with E-state index in [-0.39, 0.29) is 0 Å². The minimum absolute atomic E-state index is 1.03. The van der Waals surface area contributed by atoms with Gasteiger partial charge in [0.15, 0.2) is 0 Å². The second-order valence-electron chi connectivity index (χ2n) is 4.90. The zero-order valence-electron chi connectivity index (χ0n) is 10.5. The van der Waals surface area contributed by atoms with Gasteiger partial charge in [-0.2, -0.15) is 0 Å². The van der Waals surface area contributed by atoms with Gasteiger partial charge < -0.3 is 4.57 Å². The Hall–Kier alpha value is -2.02. The van der Waals surface area contributed by atoms with Crippen molar-refractivity contribution in [2.45, 2.75) is 19.9 Å². The fourth-order valence-electron chi connectivity index (χ4n) is 3.24. The number of aromatic nitrogens is 1. The summed E-state index contributed by atoms with van der Waals surface area (Å²) in [6.07, 6.45) is 5.58. The number of para-hydroxylation sites is 1. The van der Waals surface area contributed by atoms with Crippen LogP contribution in [0.15, 0.2) is 42.5 Å². The van der Waals surface area contributed by atoms with E-state index in [0.717, 1.165) is 13.0 Å². The van der Waals surface area contributed by atoms with Crippen LogP contribution < -0.4 is 0 Å². The lowest BCUT2D eigenvalue weighted by atomic mass is 10.0. The first-order valence-electron chi connectivity index (χ1n) is 6.59. The number of hydrogen-bond donors (Lipinski definition) is 0. The van der Waals surface area contributed by atoms with Crippen molar-refractivity contribution < 1.29 is 0 Å².